The number of carbonyl (C=O) groups excluding carboxylic acids is 1. The fourth-order valence-electron chi connectivity index (χ4n) is 1.31. The Hall–Kier alpha value is -2.22. The lowest BCUT2D eigenvalue weighted by Crippen LogP contribution is -2.12. The van der Waals surface area contributed by atoms with E-state index < -0.39 is 15.7 Å². The van der Waals surface area contributed by atoms with Crippen molar-refractivity contribution in [2.45, 2.75) is 4.90 Å². The zero-order chi connectivity index (χ0) is 13.2. The monoisotopic (exact) mass is 266 g/mol. The van der Waals surface area contributed by atoms with Crippen LogP contribution in [0.3, 0.4) is 0 Å². The van der Waals surface area contributed by atoms with Crippen LogP contribution in [0.15, 0.2) is 35.4 Å². The summed E-state index contributed by atoms with van der Waals surface area (Å²) in [5.74, 6) is -0.464. The maximum absolute atomic E-state index is 11.7. The number of aromatic amines is 1. The van der Waals surface area contributed by atoms with Gasteiger partial charge in [0, 0.05) is 11.9 Å². The number of nitrogens with zero attached hydrogens (tertiary/aromatic N) is 2. The third-order valence-electron chi connectivity index (χ3n) is 2.17. The van der Waals surface area contributed by atoms with Gasteiger partial charge in [-0.2, -0.15) is 15.4 Å². The molecule has 94 valence electrons. The largest absolute Gasteiger partial charge is 0.321 e. The third kappa shape index (κ3) is 2.72. The predicted molar refractivity (Wildman–Crippen MR) is 63.9 cm³/mol. The summed E-state index contributed by atoms with van der Waals surface area (Å²) in [6.07, 6.45) is 2.38. The summed E-state index contributed by atoms with van der Waals surface area (Å²) in [5, 5.41) is 12.0. The zero-order valence-corrected chi connectivity index (χ0v) is 10.2. The number of aromatic nitrogens is 3. The van der Waals surface area contributed by atoms with Gasteiger partial charge in [-0.3, -0.25) is 4.79 Å². The summed E-state index contributed by atoms with van der Waals surface area (Å²) in [4.78, 5) is 11.8. The second-order valence-corrected chi connectivity index (χ2v) is 5.63. The van der Waals surface area contributed by atoms with Gasteiger partial charge in [0.25, 0.3) is 5.91 Å². The van der Waals surface area contributed by atoms with Crippen LogP contribution in [-0.2, 0) is 9.84 Å². The average molecular weight is 266 g/mol. The van der Waals surface area contributed by atoms with E-state index in [2.05, 4.69) is 20.7 Å². The van der Waals surface area contributed by atoms with Gasteiger partial charge in [-0.25, -0.2) is 8.42 Å². The highest BCUT2D eigenvalue weighted by molar-refractivity contribution is 7.90. The quantitative estimate of drug-likeness (QED) is 0.839. The first-order valence-electron chi connectivity index (χ1n) is 4.94. The van der Waals surface area contributed by atoms with E-state index in [9.17, 15) is 13.2 Å². The summed E-state index contributed by atoms with van der Waals surface area (Å²) in [6.45, 7) is 0. The van der Waals surface area contributed by atoms with Crippen LogP contribution in [-0.4, -0.2) is 36.0 Å². The Morgan fingerprint density at radius 3 is 2.78 bits per heavy atom. The fraction of sp³-hybridized carbons (Fsp3) is 0.100. The van der Waals surface area contributed by atoms with Crippen LogP contribution < -0.4 is 5.32 Å². The van der Waals surface area contributed by atoms with Crippen LogP contribution in [0.5, 0.6) is 0 Å². The van der Waals surface area contributed by atoms with E-state index in [1.54, 1.807) is 12.1 Å². The number of hydrogen-bond acceptors (Lipinski definition) is 5. The van der Waals surface area contributed by atoms with Gasteiger partial charge in [0.1, 0.15) is 0 Å². The number of nitrogens with one attached hydrogen (secondary N) is 2. The van der Waals surface area contributed by atoms with Gasteiger partial charge < -0.3 is 5.32 Å². The second-order valence-electron chi connectivity index (χ2n) is 3.61. The first kappa shape index (κ1) is 12.2. The highest BCUT2D eigenvalue weighted by atomic mass is 32.2. The summed E-state index contributed by atoms with van der Waals surface area (Å²) in [5.41, 5.74) is 0.505. The molecule has 0 aliphatic rings. The van der Waals surface area contributed by atoms with Gasteiger partial charge in [0.15, 0.2) is 15.5 Å². The van der Waals surface area contributed by atoms with Gasteiger partial charge in [0.2, 0.25) is 0 Å². The smallest absolute Gasteiger partial charge is 0.277 e. The number of benzene rings is 1. The van der Waals surface area contributed by atoms with Gasteiger partial charge in [-0.1, -0.05) is 6.07 Å². The Morgan fingerprint density at radius 2 is 2.17 bits per heavy atom. The second kappa shape index (κ2) is 4.57. The molecule has 8 heteroatoms. The van der Waals surface area contributed by atoms with Crippen LogP contribution in [0, 0.1) is 0 Å². The molecule has 1 aromatic carbocycles. The van der Waals surface area contributed by atoms with E-state index in [1.807, 2.05) is 0 Å². The van der Waals surface area contributed by atoms with Crippen LogP contribution in [0.2, 0.25) is 0 Å². The van der Waals surface area contributed by atoms with Crippen molar-refractivity contribution < 1.29 is 13.2 Å². The van der Waals surface area contributed by atoms with Crippen molar-refractivity contribution >= 4 is 21.4 Å². The average Bonchev–Trinajstić information content (AvgIpc) is 2.81. The molecule has 7 nitrogen and oxygen atoms in total. The van der Waals surface area contributed by atoms with E-state index in [4.69, 9.17) is 0 Å². The van der Waals surface area contributed by atoms with Gasteiger partial charge in [0.05, 0.1) is 11.1 Å². The SMILES string of the molecule is CS(=O)(=O)c1cccc(NC(=O)c2cn[nH]n2)c1. The molecule has 1 aromatic heterocycles. The Kier molecular flexibility index (Phi) is 3.11. The van der Waals surface area contributed by atoms with Gasteiger partial charge >= 0.3 is 0 Å². The molecule has 1 amide bonds. The minimum Gasteiger partial charge on any atom is -0.321 e. The Bertz CT molecular complexity index is 664. The molecular weight excluding hydrogens is 256 g/mol. The minimum atomic E-state index is -3.30. The van der Waals surface area contributed by atoms with Crippen LogP contribution in [0.4, 0.5) is 5.69 Å². The van der Waals surface area contributed by atoms with E-state index in [-0.39, 0.29) is 10.6 Å². The maximum atomic E-state index is 11.7. The molecule has 0 fully saturated rings. The Balaban J connectivity index is 2.23. The zero-order valence-electron chi connectivity index (χ0n) is 9.41. The summed E-state index contributed by atoms with van der Waals surface area (Å²) in [6, 6.07) is 5.98. The fourth-order valence-corrected chi connectivity index (χ4v) is 1.98. The van der Waals surface area contributed by atoms with Crippen molar-refractivity contribution in [3.63, 3.8) is 0 Å². The molecular formula is C10H10N4O3S. The number of sulfone groups is 1. The van der Waals surface area contributed by atoms with E-state index in [0.29, 0.717) is 5.69 Å². The third-order valence-corrected chi connectivity index (χ3v) is 3.28. The van der Waals surface area contributed by atoms with Crippen molar-refractivity contribution in [1.29, 1.82) is 0 Å². The molecule has 0 saturated heterocycles. The lowest BCUT2D eigenvalue weighted by Gasteiger charge is -2.04. The molecule has 0 aliphatic carbocycles. The summed E-state index contributed by atoms with van der Waals surface area (Å²) in [7, 11) is -3.30. The molecule has 2 aromatic rings. The van der Waals surface area contributed by atoms with E-state index in [0.717, 1.165) is 6.26 Å². The number of anilines is 1. The standard InChI is InChI=1S/C10H10N4O3S/c1-18(16,17)8-4-2-3-7(5-8)12-10(15)9-6-11-14-13-9/h2-6H,1H3,(H,12,15)(H,11,13,14). The number of H-pyrrole nitrogens is 1. The lowest BCUT2D eigenvalue weighted by atomic mass is 10.3. The van der Waals surface area contributed by atoms with Crippen molar-refractivity contribution in [2.75, 3.05) is 11.6 Å². The van der Waals surface area contributed by atoms with Crippen molar-refractivity contribution in [3.8, 4) is 0 Å². The van der Waals surface area contributed by atoms with Crippen molar-refractivity contribution in [2.24, 2.45) is 0 Å². The highest BCUT2D eigenvalue weighted by Gasteiger charge is 2.11. The molecule has 0 unspecified atom stereocenters. The molecule has 0 spiro atoms. The maximum Gasteiger partial charge on any atom is 0.277 e. The number of rotatable bonds is 3. The van der Waals surface area contributed by atoms with Crippen LogP contribution in [0.25, 0.3) is 0 Å². The molecule has 2 N–H and O–H groups in total. The van der Waals surface area contributed by atoms with Gasteiger partial charge in [-0.05, 0) is 18.2 Å². The van der Waals surface area contributed by atoms with Crippen LogP contribution in [0.1, 0.15) is 10.5 Å². The van der Waals surface area contributed by atoms with E-state index in [1.165, 1.54) is 18.3 Å². The first-order valence-corrected chi connectivity index (χ1v) is 6.83. The van der Waals surface area contributed by atoms with E-state index >= 15 is 0 Å². The minimum absolute atomic E-state index is 0.125. The molecule has 0 atom stereocenters. The molecule has 2 rings (SSSR count). The predicted octanol–water partition coefficient (Wildman–Crippen LogP) is 0.460. The highest BCUT2D eigenvalue weighted by Crippen LogP contribution is 2.15. The lowest BCUT2D eigenvalue weighted by molar-refractivity contribution is 0.102. The van der Waals surface area contributed by atoms with Gasteiger partial charge in [-0.15, -0.1) is 0 Å². The topological polar surface area (TPSA) is 105 Å². The molecule has 0 saturated carbocycles. The molecule has 0 aliphatic heterocycles. The normalized spacial score (nSPS) is 11.2. The number of carbonyl (C=O) groups is 1. The number of amides is 1. The molecule has 0 radical (unpaired) electrons. The van der Waals surface area contributed by atoms with Crippen molar-refractivity contribution in [3.05, 3.63) is 36.2 Å². The molecule has 1 heterocycles. The molecule has 18 heavy (non-hydrogen) atoms. The first-order chi connectivity index (χ1) is 8.47. The van der Waals surface area contributed by atoms with Crippen molar-refractivity contribution in [1.82, 2.24) is 15.4 Å². The summed E-state index contributed by atoms with van der Waals surface area (Å²) < 4.78 is 22.7. The Morgan fingerprint density at radius 1 is 1.39 bits per heavy atom. The number of hydrogen-bond donors (Lipinski definition) is 2. The van der Waals surface area contributed by atoms with Crippen LogP contribution >= 0.6 is 0 Å². The summed E-state index contributed by atoms with van der Waals surface area (Å²) >= 11 is 0. The Labute approximate surface area is 103 Å². The molecule has 0 bridgehead atoms.